The van der Waals surface area contributed by atoms with Crippen LogP contribution < -0.4 is 4.72 Å². The SMILES string of the molecule is CCc1ccnc(-n2ncc3ccc(-c4cccc([C@](O)(N[S@+]([O-])C(C)(C)C)C5CC(O)C5)n4)cc32)n1. The topological polar surface area (TPSA) is 132 Å². The van der Waals surface area contributed by atoms with E-state index in [0.29, 0.717) is 30.2 Å². The zero-order valence-corrected chi connectivity index (χ0v) is 22.2. The van der Waals surface area contributed by atoms with E-state index < -0.39 is 27.9 Å². The van der Waals surface area contributed by atoms with Gasteiger partial charge in [-0.25, -0.2) is 15.0 Å². The van der Waals surface area contributed by atoms with Crippen molar-refractivity contribution in [1.29, 1.82) is 0 Å². The monoisotopic (exact) mass is 520 g/mol. The summed E-state index contributed by atoms with van der Waals surface area (Å²) in [6.45, 7) is 7.57. The standard InChI is InChI=1S/C27H32N6O3S/c1-5-20-11-12-28-25(30-20)33-23-13-17(9-10-18(23)16-29-33)22-7-6-8-24(31-22)27(35,19-14-21(34)15-19)32-37(36)26(2,3)4/h6-13,16,19,21,32,34-35H,5,14-15H2,1-4H3/t19?,21?,27-,37+/m0/s1. The van der Waals surface area contributed by atoms with Crippen molar-refractivity contribution in [3.05, 3.63) is 66.2 Å². The molecule has 4 aromatic rings. The number of fused-ring (bicyclic) bond motifs is 1. The molecule has 1 aliphatic rings. The van der Waals surface area contributed by atoms with Gasteiger partial charge in [-0.15, -0.1) is 4.72 Å². The van der Waals surface area contributed by atoms with Crippen LogP contribution in [0.4, 0.5) is 0 Å². The molecule has 3 heterocycles. The Labute approximate surface area is 219 Å². The molecule has 9 nitrogen and oxygen atoms in total. The Balaban J connectivity index is 1.54. The molecular weight excluding hydrogens is 488 g/mol. The number of aryl methyl sites for hydroxylation is 1. The third kappa shape index (κ3) is 4.99. The van der Waals surface area contributed by atoms with Crippen LogP contribution >= 0.6 is 0 Å². The number of nitrogens with one attached hydrogen (secondary N) is 1. The van der Waals surface area contributed by atoms with Gasteiger partial charge >= 0.3 is 0 Å². The summed E-state index contributed by atoms with van der Waals surface area (Å²) in [4.78, 5) is 13.8. The first kappa shape index (κ1) is 25.7. The molecule has 0 radical (unpaired) electrons. The highest BCUT2D eigenvalue weighted by Crippen LogP contribution is 2.42. The summed E-state index contributed by atoms with van der Waals surface area (Å²) in [7, 11) is 0. The second kappa shape index (κ2) is 9.77. The second-order valence-electron chi connectivity index (χ2n) is 10.5. The molecule has 3 N–H and O–H groups in total. The molecule has 3 aromatic heterocycles. The van der Waals surface area contributed by atoms with Crippen LogP contribution in [-0.2, 0) is 23.5 Å². The summed E-state index contributed by atoms with van der Waals surface area (Å²) in [5.74, 6) is 0.184. The molecule has 1 saturated carbocycles. The smallest absolute Gasteiger partial charge is 0.251 e. The number of aromatic nitrogens is 5. The number of hydrogen-bond donors (Lipinski definition) is 3. The van der Waals surface area contributed by atoms with Crippen LogP contribution in [0.1, 0.15) is 51.9 Å². The average Bonchev–Trinajstić information content (AvgIpc) is 3.29. The predicted octanol–water partition coefficient (Wildman–Crippen LogP) is 3.41. The van der Waals surface area contributed by atoms with E-state index in [1.165, 1.54) is 0 Å². The van der Waals surface area contributed by atoms with Gasteiger partial charge in [0, 0.05) is 40.1 Å². The first-order chi connectivity index (χ1) is 17.6. The van der Waals surface area contributed by atoms with Crippen LogP contribution in [0.3, 0.4) is 0 Å². The summed E-state index contributed by atoms with van der Waals surface area (Å²) >= 11 is -1.55. The molecule has 37 heavy (non-hydrogen) atoms. The molecule has 5 rings (SSSR count). The van der Waals surface area contributed by atoms with Crippen molar-refractivity contribution in [3.63, 3.8) is 0 Å². The molecule has 194 valence electrons. The van der Waals surface area contributed by atoms with Gasteiger partial charge in [0.25, 0.3) is 5.95 Å². The zero-order valence-electron chi connectivity index (χ0n) is 21.4. The van der Waals surface area contributed by atoms with E-state index in [1.54, 1.807) is 23.1 Å². The summed E-state index contributed by atoms with van der Waals surface area (Å²) in [6.07, 6.45) is 4.62. The summed E-state index contributed by atoms with van der Waals surface area (Å²) in [6, 6.07) is 13.2. The number of rotatable bonds is 7. The largest absolute Gasteiger partial charge is 0.598 e. The van der Waals surface area contributed by atoms with Gasteiger partial charge in [0.1, 0.15) is 4.75 Å². The summed E-state index contributed by atoms with van der Waals surface area (Å²) in [5, 5.41) is 27.2. The number of aliphatic hydroxyl groups is 2. The van der Waals surface area contributed by atoms with Gasteiger partial charge in [-0.05, 0) is 64.3 Å². The molecule has 1 fully saturated rings. The highest BCUT2D eigenvalue weighted by molar-refractivity contribution is 7.90. The molecular formula is C27H32N6O3S. The lowest BCUT2D eigenvalue weighted by Gasteiger charge is -2.44. The van der Waals surface area contributed by atoms with E-state index in [2.05, 4.69) is 19.8 Å². The van der Waals surface area contributed by atoms with Crippen LogP contribution in [-0.4, -0.2) is 50.3 Å². The van der Waals surface area contributed by atoms with Gasteiger partial charge in [-0.3, -0.25) is 0 Å². The average molecular weight is 521 g/mol. The maximum absolute atomic E-state index is 13.0. The van der Waals surface area contributed by atoms with Crippen molar-refractivity contribution in [2.24, 2.45) is 5.92 Å². The van der Waals surface area contributed by atoms with Gasteiger partial charge in [-0.2, -0.15) is 9.78 Å². The summed E-state index contributed by atoms with van der Waals surface area (Å²) in [5.41, 5.74) is 1.97. The fraction of sp³-hybridized carbons (Fsp3) is 0.407. The lowest BCUT2D eigenvalue weighted by Crippen LogP contribution is -2.59. The zero-order chi connectivity index (χ0) is 26.4. The minimum Gasteiger partial charge on any atom is -0.598 e. The Morgan fingerprint density at radius 3 is 2.62 bits per heavy atom. The predicted molar refractivity (Wildman–Crippen MR) is 143 cm³/mol. The van der Waals surface area contributed by atoms with Crippen molar-refractivity contribution in [3.8, 4) is 17.2 Å². The summed E-state index contributed by atoms with van der Waals surface area (Å²) < 4.78 is 17.1. The number of nitrogens with zero attached hydrogens (tertiary/aromatic N) is 5. The van der Waals surface area contributed by atoms with E-state index in [-0.39, 0.29) is 5.92 Å². The van der Waals surface area contributed by atoms with Crippen molar-refractivity contribution in [2.45, 2.75) is 63.5 Å². The van der Waals surface area contributed by atoms with Crippen molar-refractivity contribution in [2.75, 3.05) is 0 Å². The van der Waals surface area contributed by atoms with E-state index in [0.717, 1.165) is 28.6 Å². The molecule has 0 spiro atoms. The van der Waals surface area contributed by atoms with E-state index in [9.17, 15) is 14.8 Å². The minimum absolute atomic E-state index is 0.316. The Morgan fingerprint density at radius 1 is 1.14 bits per heavy atom. The highest BCUT2D eigenvalue weighted by Gasteiger charge is 2.51. The molecule has 0 amide bonds. The van der Waals surface area contributed by atoms with Gasteiger partial charge in [0.05, 0.1) is 29.2 Å². The lowest BCUT2D eigenvalue weighted by molar-refractivity contribution is -0.113. The Kier molecular flexibility index (Phi) is 6.80. The molecule has 10 heteroatoms. The van der Waals surface area contributed by atoms with E-state index >= 15 is 0 Å². The van der Waals surface area contributed by atoms with E-state index in [1.807, 2.05) is 64.1 Å². The number of pyridine rings is 1. The van der Waals surface area contributed by atoms with Crippen molar-refractivity contribution >= 4 is 22.3 Å². The Bertz CT molecular complexity index is 1410. The number of benzene rings is 1. The third-order valence-electron chi connectivity index (χ3n) is 6.77. The molecule has 0 saturated heterocycles. The number of hydrogen-bond acceptors (Lipinski definition) is 8. The maximum Gasteiger partial charge on any atom is 0.251 e. The second-order valence-corrected chi connectivity index (χ2v) is 12.5. The Hall–Kier alpha value is -2.89. The normalized spacial score (nSPS) is 20.4. The number of aliphatic hydroxyl groups excluding tert-OH is 1. The first-order valence-corrected chi connectivity index (χ1v) is 13.6. The van der Waals surface area contributed by atoms with Crippen LogP contribution in [0.5, 0.6) is 0 Å². The minimum atomic E-state index is -1.65. The Morgan fingerprint density at radius 2 is 1.92 bits per heavy atom. The maximum atomic E-state index is 13.0. The molecule has 0 unspecified atom stereocenters. The van der Waals surface area contributed by atoms with Crippen LogP contribution in [0, 0.1) is 5.92 Å². The molecule has 2 atom stereocenters. The lowest BCUT2D eigenvalue weighted by atomic mass is 9.74. The first-order valence-electron chi connectivity index (χ1n) is 12.5. The van der Waals surface area contributed by atoms with Gasteiger partial charge in [0.15, 0.2) is 0 Å². The quantitative estimate of drug-likeness (QED) is 0.250. The van der Waals surface area contributed by atoms with Crippen LogP contribution in [0.2, 0.25) is 0 Å². The van der Waals surface area contributed by atoms with Crippen LogP contribution in [0.15, 0.2) is 54.9 Å². The van der Waals surface area contributed by atoms with Crippen molar-refractivity contribution in [1.82, 2.24) is 29.5 Å². The molecule has 1 aromatic carbocycles. The molecule has 1 aliphatic carbocycles. The fourth-order valence-corrected chi connectivity index (χ4v) is 5.26. The molecule has 0 bridgehead atoms. The fourth-order valence-electron chi connectivity index (χ4n) is 4.40. The van der Waals surface area contributed by atoms with Gasteiger partial charge in [0.2, 0.25) is 5.72 Å². The van der Waals surface area contributed by atoms with Crippen LogP contribution in [0.25, 0.3) is 28.1 Å². The van der Waals surface area contributed by atoms with Gasteiger partial charge < -0.3 is 14.8 Å². The van der Waals surface area contributed by atoms with E-state index in [4.69, 9.17) is 4.98 Å². The van der Waals surface area contributed by atoms with Crippen molar-refractivity contribution < 1.29 is 14.8 Å². The third-order valence-corrected chi connectivity index (χ3v) is 8.38. The van der Waals surface area contributed by atoms with Gasteiger partial charge in [-0.1, -0.05) is 25.1 Å². The molecule has 0 aliphatic heterocycles. The highest BCUT2D eigenvalue weighted by atomic mass is 32.2.